The van der Waals surface area contributed by atoms with Crippen molar-refractivity contribution in [2.45, 2.75) is 33.2 Å². The number of ether oxygens (including phenoxy) is 1. The second-order valence-corrected chi connectivity index (χ2v) is 5.65. The Kier molecular flexibility index (Phi) is 4.49. The van der Waals surface area contributed by atoms with Crippen LogP contribution < -0.4 is 11.1 Å². The molecule has 0 radical (unpaired) electrons. The number of fused-ring (bicyclic) bond motifs is 1. The van der Waals surface area contributed by atoms with Crippen LogP contribution in [0.3, 0.4) is 0 Å². The molecular formula is C16H22N4O2. The Bertz CT molecular complexity index is 687. The van der Waals surface area contributed by atoms with Crippen LogP contribution in [0.25, 0.3) is 10.9 Å². The lowest BCUT2D eigenvalue weighted by atomic mass is 9.88. The number of aromatic nitrogens is 2. The molecule has 6 nitrogen and oxygen atoms in total. The molecule has 1 unspecified atom stereocenters. The molecule has 118 valence electrons. The smallest absolute Gasteiger partial charge is 0.331 e. The Hall–Kier alpha value is -2.37. The third kappa shape index (κ3) is 2.95. The number of para-hydroxylation sites is 1. The summed E-state index contributed by atoms with van der Waals surface area (Å²) in [6.07, 6.45) is 0. The van der Waals surface area contributed by atoms with Gasteiger partial charge in [-0.3, -0.25) is 0 Å². The Morgan fingerprint density at radius 3 is 2.68 bits per heavy atom. The molecule has 1 aromatic heterocycles. The summed E-state index contributed by atoms with van der Waals surface area (Å²) in [5.74, 6) is 0.385. The zero-order valence-corrected chi connectivity index (χ0v) is 13.4. The van der Waals surface area contributed by atoms with E-state index in [0.29, 0.717) is 12.4 Å². The number of nitrogens with zero attached hydrogens (tertiary/aromatic N) is 2. The minimum absolute atomic E-state index is 0.00139. The van der Waals surface area contributed by atoms with E-state index in [-0.39, 0.29) is 17.8 Å². The van der Waals surface area contributed by atoms with Gasteiger partial charge in [-0.05, 0) is 31.9 Å². The highest BCUT2D eigenvalue weighted by atomic mass is 16.5. The molecule has 6 heteroatoms. The van der Waals surface area contributed by atoms with Crippen molar-refractivity contribution in [2.75, 3.05) is 17.7 Å². The van der Waals surface area contributed by atoms with Crippen molar-refractivity contribution in [3.05, 3.63) is 24.3 Å². The number of hydrogen-bond acceptors (Lipinski definition) is 6. The summed E-state index contributed by atoms with van der Waals surface area (Å²) < 4.78 is 5.21. The van der Waals surface area contributed by atoms with Crippen molar-refractivity contribution in [1.82, 2.24) is 9.97 Å². The van der Waals surface area contributed by atoms with Crippen molar-refractivity contribution in [3.63, 3.8) is 0 Å². The standard InChI is InChI=1S/C16H22N4O2/c1-5-22-14(21)16(4,10(2)3)20-13-11-8-6-7-9-12(11)18-15(17)19-13/h6-10H,5H2,1-4H3,(H3,17,18,19,20). The molecule has 0 bridgehead atoms. The number of nitrogens with two attached hydrogens (primary N) is 1. The molecule has 1 aromatic carbocycles. The SMILES string of the molecule is CCOC(=O)C(C)(Nc1nc(N)nc2ccccc12)C(C)C. The van der Waals surface area contributed by atoms with Gasteiger partial charge in [-0.1, -0.05) is 26.0 Å². The van der Waals surface area contributed by atoms with E-state index in [1.54, 1.807) is 6.92 Å². The first-order valence-electron chi connectivity index (χ1n) is 7.36. The number of anilines is 2. The van der Waals surface area contributed by atoms with Gasteiger partial charge in [0, 0.05) is 5.39 Å². The van der Waals surface area contributed by atoms with E-state index >= 15 is 0 Å². The van der Waals surface area contributed by atoms with Crippen molar-refractivity contribution < 1.29 is 9.53 Å². The highest BCUT2D eigenvalue weighted by molar-refractivity contribution is 5.93. The molecule has 0 saturated carbocycles. The maximum Gasteiger partial charge on any atom is 0.331 e. The van der Waals surface area contributed by atoms with Crippen LogP contribution in [0, 0.1) is 5.92 Å². The minimum atomic E-state index is -0.903. The molecule has 22 heavy (non-hydrogen) atoms. The molecule has 0 saturated heterocycles. The average Bonchev–Trinajstić information content (AvgIpc) is 2.46. The first kappa shape index (κ1) is 16.0. The Balaban J connectivity index is 2.49. The van der Waals surface area contributed by atoms with E-state index in [1.807, 2.05) is 45.0 Å². The third-order valence-electron chi connectivity index (χ3n) is 3.85. The summed E-state index contributed by atoms with van der Waals surface area (Å²) in [5.41, 5.74) is 5.60. The van der Waals surface area contributed by atoms with E-state index in [1.165, 1.54) is 0 Å². The first-order valence-corrected chi connectivity index (χ1v) is 7.36. The second kappa shape index (κ2) is 6.17. The quantitative estimate of drug-likeness (QED) is 0.825. The summed E-state index contributed by atoms with van der Waals surface area (Å²) >= 11 is 0. The number of carbonyl (C=O) groups is 1. The number of carbonyl (C=O) groups excluding carboxylic acids is 1. The minimum Gasteiger partial charge on any atom is -0.464 e. The van der Waals surface area contributed by atoms with Crippen LogP contribution in [0.2, 0.25) is 0 Å². The molecule has 0 spiro atoms. The molecule has 1 atom stereocenters. The van der Waals surface area contributed by atoms with Gasteiger partial charge in [0.15, 0.2) is 0 Å². The molecular weight excluding hydrogens is 280 g/mol. The zero-order valence-electron chi connectivity index (χ0n) is 13.4. The number of hydrogen-bond donors (Lipinski definition) is 2. The van der Waals surface area contributed by atoms with Crippen molar-refractivity contribution >= 4 is 28.6 Å². The Labute approximate surface area is 130 Å². The molecule has 0 aliphatic rings. The fraction of sp³-hybridized carbons (Fsp3) is 0.438. The van der Waals surface area contributed by atoms with Gasteiger partial charge in [-0.25, -0.2) is 9.78 Å². The predicted molar refractivity (Wildman–Crippen MR) is 87.4 cm³/mol. The summed E-state index contributed by atoms with van der Waals surface area (Å²) in [7, 11) is 0. The van der Waals surface area contributed by atoms with Gasteiger partial charge in [0.25, 0.3) is 0 Å². The van der Waals surface area contributed by atoms with Crippen molar-refractivity contribution in [2.24, 2.45) is 5.92 Å². The van der Waals surface area contributed by atoms with Crippen LogP contribution in [0.15, 0.2) is 24.3 Å². The van der Waals surface area contributed by atoms with Gasteiger partial charge in [0.2, 0.25) is 5.95 Å². The van der Waals surface area contributed by atoms with E-state index in [4.69, 9.17) is 10.5 Å². The van der Waals surface area contributed by atoms with Crippen molar-refractivity contribution in [1.29, 1.82) is 0 Å². The summed E-state index contributed by atoms with van der Waals surface area (Å²) in [5, 5.41) is 4.03. The van der Waals surface area contributed by atoms with E-state index in [2.05, 4.69) is 15.3 Å². The number of nitrogen functional groups attached to an aromatic ring is 1. The predicted octanol–water partition coefficient (Wildman–Crippen LogP) is 2.60. The lowest BCUT2D eigenvalue weighted by Crippen LogP contribution is -2.49. The zero-order chi connectivity index (χ0) is 16.3. The van der Waals surface area contributed by atoms with Crippen LogP contribution in [-0.2, 0) is 9.53 Å². The molecule has 0 aliphatic carbocycles. The normalized spacial score (nSPS) is 13.9. The van der Waals surface area contributed by atoms with Gasteiger partial charge >= 0.3 is 5.97 Å². The third-order valence-corrected chi connectivity index (χ3v) is 3.85. The molecule has 2 aromatic rings. The van der Waals surface area contributed by atoms with Crippen molar-refractivity contribution in [3.8, 4) is 0 Å². The van der Waals surface area contributed by atoms with Gasteiger partial charge in [0.05, 0.1) is 12.1 Å². The maximum atomic E-state index is 12.4. The largest absolute Gasteiger partial charge is 0.464 e. The van der Waals surface area contributed by atoms with Gasteiger partial charge in [-0.15, -0.1) is 0 Å². The summed E-state index contributed by atoms with van der Waals surface area (Å²) in [6.45, 7) is 7.84. The molecule has 0 amide bonds. The lowest BCUT2D eigenvalue weighted by Gasteiger charge is -2.33. The summed E-state index contributed by atoms with van der Waals surface area (Å²) in [4.78, 5) is 20.8. The van der Waals surface area contributed by atoms with Crippen LogP contribution in [0.5, 0.6) is 0 Å². The monoisotopic (exact) mass is 302 g/mol. The molecule has 3 N–H and O–H groups in total. The molecule has 2 rings (SSSR count). The topological polar surface area (TPSA) is 90.1 Å². The highest BCUT2D eigenvalue weighted by Gasteiger charge is 2.39. The fourth-order valence-corrected chi connectivity index (χ4v) is 2.15. The first-order chi connectivity index (χ1) is 10.4. The van der Waals surface area contributed by atoms with Crippen LogP contribution in [-0.4, -0.2) is 28.1 Å². The number of esters is 1. The van der Waals surface area contributed by atoms with Gasteiger partial charge < -0.3 is 15.8 Å². The molecule has 1 heterocycles. The van der Waals surface area contributed by atoms with E-state index in [0.717, 1.165) is 10.9 Å². The van der Waals surface area contributed by atoms with Crippen LogP contribution >= 0.6 is 0 Å². The lowest BCUT2D eigenvalue weighted by molar-refractivity contribution is -0.149. The fourth-order valence-electron chi connectivity index (χ4n) is 2.15. The van der Waals surface area contributed by atoms with Crippen LogP contribution in [0.1, 0.15) is 27.7 Å². The Morgan fingerprint density at radius 1 is 1.36 bits per heavy atom. The number of rotatable bonds is 5. The average molecular weight is 302 g/mol. The number of nitrogens with one attached hydrogen (secondary N) is 1. The van der Waals surface area contributed by atoms with E-state index < -0.39 is 5.54 Å². The number of benzene rings is 1. The highest BCUT2D eigenvalue weighted by Crippen LogP contribution is 2.28. The second-order valence-electron chi connectivity index (χ2n) is 5.65. The Morgan fingerprint density at radius 2 is 2.05 bits per heavy atom. The molecule has 0 aliphatic heterocycles. The summed E-state index contributed by atoms with van der Waals surface area (Å²) in [6, 6.07) is 7.52. The maximum absolute atomic E-state index is 12.4. The van der Waals surface area contributed by atoms with Gasteiger partial charge in [0.1, 0.15) is 11.4 Å². The van der Waals surface area contributed by atoms with E-state index in [9.17, 15) is 4.79 Å². The molecule has 0 fully saturated rings. The van der Waals surface area contributed by atoms with Gasteiger partial charge in [-0.2, -0.15) is 4.98 Å². The van der Waals surface area contributed by atoms with Crippen LogP contribution in [0.4, 0.5) is 11.8 Å².